The van der Waals surface area contributed by atoms with Crippen LogP contribution in [0, 0.1) is 0 Å². The van der Waals surface area contributed by atoms with Gasteiger partial charge in [0.15, 0.2) is 0 Å². The van der Waals surface area contributed by atoms with Gasteiger partial charge in [0.25, 0.3) is 5.79 Å². The van der Waals surface area contributed by atoms with E-state index in [1.165, 1.54) is 13.8 Å². The normalized spacial score (nSPS) is 15.7. The molecule has 1 heterocycles. The number of esters is 2. The van der Waals surface area contributed by atoms with Crippen molar-refractivity contribution in [1.82, 2.24) is 0 Å². The highest BCUT2D eigenvalue weighted by atomic mass is 16.7. The first-order valence-electron chi connectivity index (χ1n) is 9.90. The average molecular weight is 404 g/mol. The minimum Gasteiger partial charge on any atom is -0.447 e. The zero-order valence-electron chi connectivity index (χ0n) is 16.7. The van der Waals surface area contributed by atoms with Crippen LogP contribution in [0.2, 0.25) is 0 Å². The third-order valence-electron chi connectivity index (χ3n) is 5.43. The van der Waals surface area contributed by atoms with E-state index in [4.69, 9.17) is 18.9 Å². The van der Waals surface area contributed by atoms with E-state index in [-0.39, 0.29) is 0 Å². The molecule has 30 heavy (non-hydrogen) atoms. The predicted molar refractivity (Wildman–Crippen MR) is 109 cm³/mol. The van der Waals surface area contributed by atoms with Gasteiger partial charge in [-0.05, 0) is 42.5 Å². The SMILES string of the molecule is CC(=O)Oc1ccc(OC(C)=O)c2c1CCCC21Oc2cccc3cccc(c23)O1. The number of carbonyl (C=O) groups is 2. The van der Waals surface area contributed by atoms with E-state index in [0.717, 1.165) is 22.8 Å². The molecule has 6 heteroatoms. The van der Waals surface area contributed by atoms with Crippen molar-refractivity contribution in [3.8, 4) is 23.0 Å². The molecule has 2 aliphatic rings. The highest BCUT2D eigenvalue weighted by Crippen LogP contribution is 2.52. The Hall–Kier alpha value is -3.54. The lowest BCUT2D eigenvalue weighted by molar-refractivity contribution is -0.143. The van der Waals surface area contributed by atoms with E-state index in [2.05, 4.69) is 0 Å². The van der Waals surface area contributed by atoms with E-state index >= 15 is 0 Å². The van der Waals surface area contributed by atoms with Gasteiger partial charge in [0.2, 0.25) is 0 Å². The maximum absolute atomic E-state index is 11.8. The maximum Gasteiger partial charge on any atom is 0.308 e. The third kappa shape index (κ3) is 2.87. The molecule has 3 aromatic rings. The molecule has 0 unspecified atom stereocenters. The Morgan fingerprint density at radius 2 is 1.47 bits per heavy atom. The second kappa shape index (κ2) is 6.76. The maximum atomic E-state index is 11.8. The van der Waals surface area contributed by atoms with Crippen LogP contribution in [0.25, 0.3) is 10.8 Å². The zero-order chi connectivity index (χ0) is 20.9. The number of rotatable bonds is 2. The zero-order valence-corrected chi connectivity index (χ0v) is 16.7. The van der Waals surface area contributed by atoms with Crippen molar-refractivity contribution in [3.63, 3.8) is 0 Å². The first-order valence-corrected chi connectivity index (χ1v) is 9.90. The molecule has 1 spiro atoms. The van der Waals surface area contributed by atoms with E-state index in [1.807, 2.05) is 36.4 Å². The third-order valence-corrected chi connectivity index (χ3v) is 5.43. The summed E-state index contributed by atoms with van der Waals surface area (Å²) >= 11 is 0. The summed E-state index contributed by atoms with van der Waals surface area (Å²) in [5.41, 5.74) is 1.34. The highest BCUT2D eigenvalue weighted by Gasteiger charge is 2.48. The molecule has 152 valence electrons. The molecule has 3 aromatic carbocycles. The van der Waals surface area contributed by atoms with E-state index < -0.39 is 17.7 Å². The van der Waals surface area contributed by atoms with Crippen LogP contribution in [0.5, 0.6) is 23.0 Å². The smallest absolute Gasteiger partial charge is 0.308 e. The number of carbonyl (C=O) groups excluding carboxylic acids is 2. The van der Waals surface area contributed by atoms with Crippen LogP contribution < -0.4 is 18.9 Å². The molecular formula is C24H20O6. The molecule has 0 N–H and O–H groups in total. The Morgan fingerprint density at radius 3 is 2.10 bits per heavy atom. The molecule has 0 aromatic heterocycles. The summed E-state index contributed by atoms with van der Waals surface area (Å²) in [6, 6.07) is 15.0. The van der Waals surface area contributed by atoms with Crippen LogP contribution in [0.4, 0.5) is 0 Å². The summed E-state index contributed by atoms with van der Waals surface area (Å²) < 4.78 is 23.9. The van der Waals surface area contributed by atoms with Crippen molar-refractivity contribution >= 4 is 22.7 Å². The predicted octanol–water partition coefficient (Wildman–Crippen LogP) is 4.65. The van der Waals surface area contributed by atoms with Crippen LogP contribution >= 0.6 is 0 Å². The van der Waals surface area contributed by atoms with E-state index in [9.17, 15) is 9.59 Å². The Kier molecular flexibility index (Phi) is 4.17. The minimum absolute atomic E-state index is 0.347. The topological polar surface area (TPSA) is 71.1 Å². The standard InChI is InChI=1S/C24H20O6/c1-14(25)27-18-11-12-21(28-15(2)26)23-17(18)8-5-13-24(23)29-19-9-3-6-16-7-4-10-20(30-24)22(16)19/h3-4,6-7,9-12H,5,8,13H2,1-2H3. The van der Waals surface area contributed by atoms with Crippen molar-refractivity contribution in [2.24, 2.45) is 0 Å². The van der Waals surface area contributed by atoms with Gasteiger partial charge < -0.3 is 18.9 Å². The summed E-state index contributed by atoms with van der Waals surface area (Å²) in [5.74, 6) is 0.130. The van der Waals surface area contributed by atoms with Gasteiger partial charge >= 0.3 is 11.9 Å². The summed E-state index contributed by atoms with van der Waals surface area (Å²) in [4.78, 5) is 23.4. The molecular weight excluding hydrogens is 384 g/mol. The van der Waals surface area contributed by atoms with Gasteiger partial charge in [-0.3, -0.25) is 9.59 Å². The minimum atomic E-state index is -1.18. The summed E-state index contributed by atoms with van der Waals surface area (Å²) in [5, 5.41) is 1.92. The molecule has 0 radical (unpaired) electrons. The van der Waals surface area contributed by atoms with Crippen molar-refractivity contribution in [2.75, 3.05) is 0 Å². The Bertz CT molecular complexity index is 1160. The Morgan fingerprint density at radius 1 is 0.867 bits per heavy atom. The van der Waals surface area contributed by atoms with Gasteiger partial charge in [0.05, 0.1) is 10.9 Å². The fourth-order valence-corrected chi connectivity index (χ4v) is 4.41. The number of fused-ring (bicyclic) bond motifs is 2. The number of hydrogen-bond donors (Lipinski definition) is 0. The number of ether oxygens (including phenoxy) is 4. The van der Waals surface area contributed by atoms with Crippen LogP contribution in [-0.4, -0.2) is 11.9 Å². The van der Waals surface area contributed by atoms with Crippen LogP contribution in [0.3, 0.4) is 0 Å². The molecule has 6 nitrogen and oxygen atoms in total. The molecule has 0 amide bonds. The van der Waals surface area contributed by atoms with Gasteiger partial charge in [0.1, 0.15) is 23.0 Å². The van der Waals surface area contributed by atoms with Crippen LogP contribution in [-0.2, 0) is 21.8 Å². The first-order chi connectivity index (χ1) is 14.5. The fourth-order valence-electron chi connectivity index (χ4n) is 4.41. The van der Waals surface area contributed by atoms with Crippen molar-refractivity contribution in [2.45, 2.75) is 38.9 Å². The van der Waals surface area contributed by atoms with Gasteiger partial charge in [-0.1, -0.05) is 24.3 Å². The number of benzene rings is 3. The summed E-state index contributed by atoms with van der Waals surface area (Å²) in [6.07, 6.45) is 1.96. The molecule has 0 fully saturated rings. The van der Waals surface area contributed by atoms with E-state index in [0.29, 0.717) is 41.4 Å². The fraction of sp³-hybridized carbons (Fsp3) is 0.250. The summed E-state index contributed by atoms with van der Waals surface area (Å²) in [7, 11) is 0. The molecule has 5 rings (SSSR count). The Balaban J connectivity index is 1.73. The van der Waals surface area contributed by atoms with Crippen LogP contribution in [0.15, 0.2) is 48.5 Å². The van der Waals surface area contributed by atoms with Crippen molar-refractivity contribution in [1.29, 1.82) is 0 Å². The van der Waals surface area contributed by atoms with E-state index in [1.54, 1.807) is 12.1 Å². The van der Waals surface area contributed by atoms with Gasteiger partial charge in [-0.2, -0.15) is 0 Å². The second-order valence-electron chi connectivity index (χ2n) is 7.52. The second-order valence-corrected chi connectivity index (χ2v) is 7.52. The quantitative estimate of drug-likeness (QED) is 0.457. The van der Waals surface area contributed by atoms with Gasteiger partial charge in [-0.25, -0.2) is 0 Å². The lowest BCUT2D eigenvalue weighted by atomic mass is 9.84. The van der Waals surface area contributed by atoms with Crippen molar-refractivity contribution < 1.29 is 28.5 Å². The molecule has 0 saturated heterocycles. The van der Waals surface area contributed by atoms with Gasteiger partial charge in [-0.15, -0.1) is 0 Å². The molecule has 0 atom stereocenters. The molecule has 1 aliphatic heterocycles. The largest absolute Gasteiger partial charge is 0.447 e. The summed E-state index contributed by atoms with van der Waals surface area (Å²) in [6.45, 7) is 2.70. The lowest BCUT2D eigenvalue weighted by Gasteiger charge is -2.42. The average Bonchev–Trinajstić information content (AvgIpc) is 2.69. The monoisotopic (exact) mass is 404 g/mol. The molecule has 0 bridgehead atoms. The molecule has 1 aliphatic carbocycles. The first kappa shape index (κ1) is 18.5. The highest BCUT2D eigenvalue weighted by molar-refractivity contribution is 5.94. The van der Waals surface area contributed by atoms with Crippen LogP contribution in [0.1, 0.15) is 37.8 Å². The molecule has 0 saturated carbocycles. The van der Waals surface area contributed by atoms with Gasteiger partial charge in [0, 0.05) is 25.8 Å². The lowest BCUT2D eigenvalue weighted by Crippen LogP contribution is -2.44. The van der Waals surface area contributed by atoms with Crippen molar-refractivity contribution in [3.05, 3.63) is 59.7 Å². The number of hydrogen-bond acceptors (Lipinski definition) is 6. The Labute approximate surface area is 173 Å².